The second-order valence-electron chi connectivity index (χ2n) is 4.46. The van der Waals surface area contributed by atoms with E-state index in [1.165, 1.54) is 11.1 Å². The van der Waals surface area contributed by atoms with Crippen molar-refractivity contribution in [2.45, 2.75) is 25.9 Å². The standard InChI is InChI=1S/C16H18OS/c1-13(9-10-14-6-3-2-4-7-14)12-15(17)16-8-5-11-18-16/h2-8,11-12,15,17H,9-10H2,1H3/b13-12+/t15-/m1/s1. The van der Waals surface area contributed by atoms with Crippen LogP contribution in [0.3, 0.4) is 0 Å². The van der Waals surface area contributed by atoms with Gasteiger partial charge in [0.1, 0.15) is 6.10 Å². The topological polar surface area (TPSA) is 20.2 Å². The summed E-state index contributed by atoms with van der Waals surface area (Å²) in [5.74, 6) is 0. The molecule has 0 aliphatic rings. The van der Waals surface area contributed by atoms with E-state index in [-0.39, 0.29) is 0 Å². The zero-order valence-corrected chi connectivity index (χ0v) is 11.4. The highest BCUT2D eigenvalue weighted by atomic mass is 32.1. The van der Waals surface area contributed by atoms with E-state index in [1.807, 2.05) is 29.7 Å². The van der Waals surface area contributed by atoms with Gasteiger partial charge in [-0.15, -0.1) is 11.3 Å². The maximum absolute atomic E-state index is 10.0. The van der Waals surface area contributed by atoms with Crippen molar-refractivity contribution in [2.24, 2.45) is 0 Å². The molecule has 18 heavy (non-hydrogen) atoms. The maximum Gasteiger partial charge on any atom is 0.107 e. The second kappa shape index (κ2) is 6.53. The number of aliphatic hydroxyl groups is 1. The molecule has 2 heteroatoms. The fourth-order valence-electron chi connectivity index (χ4n) is 1.88. The summed E-state index contributed by atoms with van der Waals surface area (Å²) in [4.78, 5) is 1.01. The largest absolute Gasteiger partial charge is 0.383 e. The van der Waals surface area contributed by atoms with Gasteiger partial charge in [-0.25, -0.2) is 0 Å². The molecule has 0 saturated carbocycles. The van der Waals surface area contributed by atoms with Crippen molar-refractivity contribution in [3.05, 3.63) is 69.9 Å². The Morgan fingerprint density at radius 1 is 1.22 bits per heavy atom. The van der Waals surface area contributed by atoms with Gasteiger partial charge in [-0.1, -0.05) is 48.0 Å². The van der Waals surface area contributed by atoms with Crippen molar-refractivity contribution in [1.29, 1.82) is 0 Å². The molecule has 2 rings (SSSR count). The molecule has 1 aromatic carbocycles. The molecule has 0 radical (unpaired) electrons. The van der Waals surface area contributed by atoms with E-state index in [0.717, 1.165) is 17.7 Å². The van der Waals surface area contributed by atoms with E-state index < -0.39 is 6.10 Å². The van der Waals surface area contributed by atoms with Crippen molar-refractivity contribution in [3.8, 4) is 0 Å². The van der Waals surface area contributed by atoms with Crippen LogP contribution in [0.25, 0.3) is 0 Å². The van der Waals surface area contributed by atoms with Crippen LogP contribution < -0.4 is 0 Å². The van der Waals surface area contributed by atoms with Gasteiger partial charge in [-0.3, -0.25) is 0 Å². The summed E-state index contributed by atoms with van der Waals surface area (Å²) in [5, 5.41) is 12.0. The molecule has 0 aliphatic heterocycles. The number of aliphatic hydroxyl groups excluding tert-OH is 1. The smallest absolute Gasteiger partial charge is 0.107 e. The maximum atomic E-state index is 10.0. The average Bonchev–Trinajstić information content (AvgIpc) is 2.91. The first kappa shape index (κ1) is 13.1. The van der Waals surface area contributed by atoms with Crippen LogP contribution >= 0.6 is 11.3 Å². The van der Waals surface area contributed by atoms with Crippen molar-refractivity contribution in [2.75, 3.05) is 0 Å². The molecule has 0 fully saturated rings. The first-order valence-corrected chi connectivity index (χ1v) is 7.06. The quantitative estimate of drug-likeness (QED) is 0.790. The van der Waals surface area contributed by atoms with E-state index in [2.05, 4.69) is 31.2 Å². The van der Waals surface area contributed by atoms with E-state index in [1.54, 1.807) is 11.3 Å². The van der Waals surface area contributed by atoms with Crippen LogP contribution in [0.1, 0.15) is 29.9 Å². The van der Waals surface area contributed by atoms with Gasteiger partial charge in [0.05, 0.1) is 0 Å². The minimum atomic E-state index is -0.458. The summed E-state index contributed by atoms with van der Waals surface area (Å²) in [6.45, 7) is 2.08. The molecule has 94 valence electrons. The van der Waals surface area contributed by atoms with E-state index in [4.69, 9.17) is 0 Å². The molecule has 0 unspecified atom stereocenters. The third-order valence-electron chi connectivity index (χ3n) is 2.93. The molecule has 1 heterocycles. The van der Waals surface area contributed by atoms with Crippen molar-refractivity contribution in [1.82, 2.24) is 0 Å². The Hall–Kier alpha value is -1.38. The summed E-state index contributed by atoms with van der Waals surface area (Å²) < 4.78 is 0. The molecule has 0 saturated heterocycles. The first-order chi connectivity index (χ1) is 8.75. The van der Waals surface area contributed by atoms with Gasteiger partial charge in [-0.05, 0) is 36.8 Å². The van der Waals surface area contributed by atoms with Crippen LogP contribution in [-0.4, -0.2) is 5.11 Å². The molecule has 1 nitrogen and oxygen atoms in total. The highest BCUT2D eigenvalue weighted by Crippen LogP contribution is 2.22. The van der Waals surface area contributed by atoms with Gasteiger partial charge >= 0.3 is 0 Å². The Balaban J connectivity index is 1.90. The Bertz CT molecular complexity index is 485. The first-order valence-electron chi connectivity index (χ1n) is 6.18. The Morgan fingerprint density at radius 3 is 2.67 bits per heavy atom. The highest BCUT2D eigenvalue weighted by molar-refractivity contribution is 7.10. The second-order valence-corrected chi connectivity index (χ2v) is 5.44. The van der Waals surface area contributed by atoms with Crippen molar-refractivity contribution < 1.29 is 5.11 Å². The molecular formula is C16H18OS. The van der Waals surface area contributed by atoms with Gasteiger partial charge in [0, 0.05) is 4.88 Å². The monoisotopic (exact) mass is 258 g/mol. The summed E-state index contributed by atoms with van der Waals surface area (Å²) in [6.07, 6.45) is 3.52. The number of benzene rings is 1. The molecule has 1 aromatic heterocycles. The lowest BCUT2D eigenvalue weighted by Gasteiger charge is -2.06. The number of allylic oxidation sites excluding steroid dienone is 1. The zero-order chi connectivity index (χ0) is 12.8. The third kappa shape index (κ3) is 3.83. The van der Waals surface area contributed by atoms with Crippen LogP contribution in [0.5, 0.6) is 0 Å². The van der Waals surface area contributed by atoms with Crippen LogP contribution in [0.2, 0.25) is 0 Å². The lowest BCUT2D eigenvalue weighted by atomic mass is 10.0. The van der Waals surface area contributed by atoms with Crippen LogP contribution in [0.15, 0.2) is 59.5 Å². The SMILES string of the molecule is C/C(=C\[C@@H](O)c1cccs1)CCc1ccccc1. The number of rotatable bonds is 5. The highest BCUT2D eigenvalue weighted by Gasteiger charge is 2.05. The fraction of sp³-hybridized carbons (Fsp3) is 0.250. The Kier molecular flexibility index (Phi) is 4.73. The van der Waals surface area contributed by atoms with Crippen LogP contribution in [0, 0.1) is 0 Å². The third-order valence-corrected chi connectivity index (χ3v) is 3.87. The van der Waals surface area contributed by atoms with Crippen molar-refractivity contribution >= 4 is 11.3 Å². The molecular weight excluding hydrogens is 240 g/mol. The molecule has 0 amide bonds. The number of thiophene rings is 1. The van der Waals surface area contributed by atoms with E-state index >= 15 is 0 Å². The van der Waals surface area contributed by atoms with E-state index in [0.29, 0.717) is 0 Å². The summed E-state index contributed by atoms with van der Waals surface area (Å²) in [7, 11) is 0. The fourth-order valence-corrected chi connectivity index (χ4v) is 2.56. The molecule has 0 spiro atoms. The average molecular weight is 258 g/mol. The summed E-state index contributed by atoms with van der Waals surface area (Å²) in [5.41, 5.74) is 2.58. The van der Waals surface area contributed by atoms with Crippen LogP contribution in [-0.2, 0) is 6.42 Å². The summed E-state index contributed by atoms with van der Waals surface area (Å²) >= 11 is 1.59. The predicted molar refractivity (Wildman–Crippen MR) is 77.8 cm³/mol. The molecule has 0 bridgehead atoms. The molecule has 2 aromatic rings. The van der Waals surface area contributed by atoms with Gasteiger partial charge in [0.2, 0.25) is 0 Å². The van der Waals surface area contributed by atoms with Gasteiger partial charge in [-0.2, -0.15) is 0 Å². The molecule has 1 N–H and O–H groups in total. The number of hydrogen-bond acceptors (Lipinski definition) is 2. The molecule has 0 aliphatic carbocycles. The molecule has 1 atom stereocenters. The van der Waals surface area contributed by atoms with E-state index in [9.17, 15) is 5.11 Å². The number of hydrogen-bond donors (Lipinski definition) is 1. The normalized spacial score (nSPS) is 13.6. The van der Waals surface area contributed by atoms with Crippen LogP contribution in [0.4, 0.5) is 0 Å². The van der Waals surface area contributed by atoms with Gasteiger partial charge < -0.3 is 5.11 Å². The lowest BCUT2D eigenvalue weighted by Crippen LogP contribution is -1.92. The Labute approximate surface area is 112 Å². The Morgan fingerprint density at radius 2 is 2.00 bits per heavy atom. The predicted octanol–water partition coefficient (Wildman–Crippen LogP) is 4.36. The minimum absolute atomic E-state index is 0.458. The minimum Gasteiger partial charge on any atom is -0.383 e. The van der Waals surface area contributed by atoms with Gasteiger partial charge in [0.25, 0.3) is 0 Å². The zero-order valence-electron chi connectivity index (χ0n) is 10.5. The van der Waals surface area contributed by atoms with Crippen molar-refractivity contribution in [3.63, 3.8) is 0 Å². The number of aryl methyl sites for hydroxylation is 1. The lowest BCUT2D eigenvalue weighted by molar-refractivity contribution is 0.231. The van der Waals surface area contributed by atoms with Gasteiger partial charge in [0.15, 0.2) is 0 Å². The summed E-state index contributed by atoms with van der Waals surface area (Å²) in [6, 6.07) is 14.4.